The average Bonchev–Trinajstić information content (AvgIpc) is 3.27. The van der Waals surface area contributed by atoms with Gasteiger partial charge < -0.3 is 15.8 Å². The topological polar surface area (TPSA) is 88.4 Å². The molecule has 1 saturated carbocycles. The van der Waals surface area contributed by atoms with E-state index in [1.165, 1.54) is 12.8 Å². The summed E-state index contributed by atoms with van der Waals surface area (Å²) in [5.74, 6) is -0.991. The number of anilines is 1. The minimum absolute atomic E-state index is 0.0898. The summed E-state index contributed by atoms with van der Waals surface area (Å²) < 4.78 is 13.3. The third-order valence-corrected chi connectivity index (χ3v) is 6.36. The summed E-state index contributed by atoms with van der Waals surface area (Å²) in [5.41, 5.74) is 1.43. The molecule has 2 amide bonds. The molecule has 1 aromatic heterocycles. The molecule has 2 heterocycles. The molecule has 1 aromatic carbocycles. The van der Waals surface area contributed by atoms with E-state index in [1.807, 2.05) is 18.2 Å². The molecular weight excluding hydrogens is 411 g/mol. The summed E-state index contributed by atoms with van der Waals surface area (Å²) in [6, 6.07) is 10.1. The van der Waals surface area contributed by atoms with Crippen LogP contribution in [0.15, 0.2) is 42.6 Å². The van der Waals surface area contributed by atoms with E-state index in [-0.39, 0.29) is 22.2 Å². The number of hydrogen-bond donors (Lipinski definition) is 2. The third kappa shape index (κ3) is 5.62. The number of piperidine rings is 1. The van der Waals surface area contributed by atoms with E-state index in [0.717, 1.165) is 69.2 Å². The molecule has 0 radical (unpaired) electrons. The second-order valence-electron chi connectivity index (χ2n) is 8.75. The summed E-state index contributed by atoms with van der Waals surface area (Å²) in [7, 11) is 0. The molecule has 170 valence electrons. The molecule has 0 atom stereocenters. The van der Waals surface area contributed by atoms with E-state index in [4.69, 9.17) is 0 Å². The first-order chi connectivity index (χ1) is 15.5. The van der Waals surface area contributed by atoms with E-state index >= 15 is 0 Å². The fourth-order valence-electron chi connectivity index (χ4n) is 4.58. The van der Waals surface area contributed by atoms with E-state index in [2.05, 4.69) is 15.5 Å². The van der Waals surface area contributed by atoms with Crippen molar-refractivity contribution >= 4 is 17.5 Å². The van der Waals surface area contributed by atoms with Crippen molar-refractivity contribution in [1.82, 2.24) is 10.2 Å². The van der Waals surface area contributed by atoms with Gasteiger partial charge in [0.2, 0.25) is 12.1 Å². The van der Waals surface area contributed by atoms with Gasteiger partial charge in [0.1, 0.15) is 0 Å². The Morgan fingerprint density at radius 1 is 1.09 bits per heavy atom. The Kier molecular flexibility index (Phi) is 6.99. The molecule has 1 aliphatic heterocycles. The highest BCUT2D eigenvalue weighted by molar-refractivity contribution is 6.01. The zero-order valence-electron chi connectivity index (χ0n) is 18.1. The highest BCUT2D eigenvalue weighted by Crippen LogP contribution is 2.23. The van der Waals surface area contributed by atoms with Gasteiger partial charge in [-0.05, 0) is 62.5 Å². The summed E-state index contributed by atoms with van der Waals surface area (Å²) >= 11 is 0. The van der Waals surface area contributed by atoms with Crippen molar-refractivity contribution in [3.63, 3.8) is 0 Å². The predicted molar refractivity (Wildman–Crippen MR) is 118 cm³/mol. The third-order valence-electron chi connectivity index (χ3n) is 6.36. The zero-order chi connectivity index (χ0) is 22.5. The Bertz CT molecular complexity index is 969. The van der Waals surface area contributed by atoms with Crippen LogP contribution in [0, 0.1) is 16.9 Å². The average molecular weight is 441 g/mol. The number of aromatic nitrogens is 1. The Labute approximate surface area is 187 Å². The van der Waals surface area contributed by atoms with Crippen LogP contribution >= 0.6 is 0 Å². The lowest BCUT2D eigenvalue weighted by Crippen LogP contribution is -2.43. The maximum Gasteiger partial charge on any atom is 0.321 e. The molecule has 0 unspecified atom stereocenters. The zero-order valence-corrected chi connectivity index (χ0v) is 18.1. The first kappa shape index (κ1) is 22.2. The first-order valence-electron chi connectivity index (χ1n) is 11.3. The number of carbonyl (C=O) groups is 2. The van der Waals surface area contributed by atoms with Crippen molar-refractivity contribution in [1.29, 1.82) is 0 Å². The lowest BCUT2D eigenvalue weighted by molar-refractivity contribution is -0.609. The molecule has 2 aliphatic rings. The number of nitrogens with one attached hydrogen (secondary N) is 2. The van der Waals surface area contributed by atoms with Crippen LogP contribution in [-0.2, 0) is 11.3 Å². The standard InChI is InChI=1S/C24H29FN4O3/c25-19-8-9-22(29(32)16-19)24(31)27-21-7-3-4-17(14-21)15-28-12-10-18(11-13-28)23(30)26-20-5-1-2-6-20/h3-4,7-9,14,16,18,20H,1-2,5-6,10-13,15H2,(H,26,30)(H,27,31). The molecular formula is C24H29FN4O3. The highest BCUT2D eigenvalue weighted by atomic mass is 19.1. The number of carbonyl (C=O) groups excluding carboxylic acids is 2. The van der Waals surface area contributed by atoms with Gasteiger partial charge in [0.15, 0.2) is 5.82 Å². The quantitative estimate of drug-likeness (QED) is 0.534. The summed E-state index contributed by atoms with van der Waals surface area (Å²) in [6.07, 6.45) is 7.06. The predicted octanol–water partition coefficient (Wildman–Crippen LogP) is 2.98. The number of pyridine rings is 1. The fourth-order valence-corrected chi connectivity index (χ4v) is 4.58. The molecule has 2 N–H and O–H groups in total. The van der Waals surface area contributed by atoms with Crippen LogP contribution in [0.3, 0.4) is 0 Å². The van der Waals surface area contributed by atoms with Crippen LogP contribution in [-0.4, -0.2) is 35.8 Å². The first-order valence-corrected chi connectivity index (χ1v) is 11.3. The van der Waals surface area contributed by atoms with Crippen molar-refractivity contribution in [2.24, 2.45) is 5.92 Å². The SMILES string of the molecule is O=C(Nc1cccc(CN2CCC(C(=O)NC3CCCC3)CC2)c1)c1ccc(F)c[n+]1[O-]. The Hall–Kier alpha value is -3.00. The molecule has 4 rings (SSSR count). The van der Waals surface area contributed by atoms with Crippen LogP contribution in [0.4, 0.5) is 10.1 Å². The van der Waals surface area contributed by atoms with Gasteiger partial charge in [0.25, 0.3) is 5.69 Å². The van der Waals surface area contributed by atoms with Gasteiger partial charge in [-0.1, -0.05) is 25.0 Å². The van der Waals surface area contributed by atoms with Gasteiger partial charge in [0.05, 0.1) is 0 Å². The number of likely N-dealkylation sites (tertiary alicyclic amines) is 1. The van der Waals surface area contributed by atoms with E-state index in [0.29, 0.717) is 11.7 Å². The Morgan fingerprint density at radius 3 is 2.56 bits per heavy atom. The van der Waals surface area contributed by atoms with Crippen LogP contribution in [0.25, 0.3) is 0 Å². The Morgan fingerprint density at radius 2 is 1.84 bits per heavy atom. The minimum Gasteiger partial charge on any atom is -0.618 e. The van der Waals surface area contributed by atoms with Crippen LogP contribution in [0.2, 0.25) is 0 Å². The molecule has 2 fully saturated rings. The molecule has 0 bridgehead atoms. The fraction of sp³-hybridized carbons (Fsp3) is 0.458. The van der Waals surface area contributed by atoms with E-state index in [9.17, 15) is 19.2 Å². The van der Waals surface area contributed by atoms with Crippen LogP contribution in [0.5, 0.6) is 0 Å². The van der Waals surface area contributed by atoms with Crippen molar-refractivity contribution < 1.29 is 18.7 Å². The van der Waals surface area contributed by atoms with Crippen molar-refractivity contribution in [2.45, 2.75) is 51.1 Å². The van der Waals surface area contributed by atoms with Gasteiger partial charge in [-0.15, -0.1) is 0 Å². The van der Waals surface area contributed by atoms with Gasteiger partial charge in [0, 0.05) is 30.3 Å². The van der Waals surface area contributed by atoms with E-state index < -0.39 is 11.7 Å². The molecule has 0 spiro atoms. The maximum absolute atomic E-state index is 13.1. The van der Waals surface area contributed by atoms with Crippen molar-refractivity contribution in [3.05, 3.63) is 64.9 Å². The van der Waals surface area contributed by atoms with Gasteiger partial charge in [-0.25, -0.2) is 4.39 Å². The normalized spacial score (nSPS) is 17.9. The molecule has 8 heteroatoms. The minimum atomic E-state index is -0.696. The lowest BCUT2D eigenvalue weighted by atomic mass is 9.95. The van der Waals surface area contributed by atoms with Gasteiger partial charge >= 0.3 is 5.91 Å². The van der Waals surface area contributed by atoms with Crippen molar-refractivity contribution in [3.8, 4) is 0 Å². The molecule has 32 heavy (non-hydrogen) atoms. The summed E-state index contributed by atoms with van der Waals surface area (Å²) in [4.78, 5) is 27.2. The second-order valence-corrected chi connectivity index (χ2v) is 8.75. The molecule has 2 aromatic rings. The van der Waals surface area contributed by atoms with Gasteiger partial charge in [-0.3, -0.25) is 14.5 Å². The molecule has 7 nitrogen and oxygen atoms in total. The smallest absolute Gasteiger partial charge is 0.321 e. The number of rotatable bonds is 6. The molecule has 1 aliphatic carbocycles. The summed E-state index contributed by atoms with van der Waals surface area (Å²) in [5, 5.41) is 17.7. The number of amides is 2. The Balaban J connectivity index is 1.28. The van der Waals surface area contributed by atoms with Gasteiger partial charge in [-0.2, -0.15) is 4.73 Å². The number of benzene rings is 1. The van der Waals surface area contributed by atoms with Crippen LogP contribution in [0.1, 0.15) is 54.6 Å². The van der Waals surface area contributed by atoms with Crippen LogP contribution < -0.4 is 15.4 Å². The van der Waals surface area contributed by atoms with E-state index in [1.54, 1.807) is 6.07 Å². The number of halogens is 1. The second kappa shape index (κ2) is 10.1. The van der Waals surface area contributed by atoms with Crippen molar-refractivity contribution in [2.75, 3.05) is 18.4 Å². The lowest BCUT2D eigenvalue weighted by Gasteiger charge is -2.32. The number of hydrogen-bond acceptors (Lipinski definition) is 4. The molecule has 1 saturated heterocycles. The highest BCUT2D eigenvalue weighted by Gasteiger charge is 2.27. The number of nitrogens with zero attached hydrogens (tertiary/aromatic N) is 2. The summed E-state index contributed by atoms with van der Waals surface area (Å²) in [6.45, 7) is 2.43. The monoisotopic (exact) mass is 440 g/mol. The maximum atomic E-state index is 13.1. The largest absolute Gasteiger partial charge is 0.618 e.